The molecule has 0 fully saturated rings. The Morgan fingerprint density at radius 1 is 1.57 bits per heavy atom. The minimum Gasteiger partial charge on any atom is -0.490 e. The molecule has 21 heavy (non-hydrogen) atoms. The van der Waals surface area contributed by atoms with E-state index in [0.29, 0.717) is 24.5 Å². The van der Waals surface area contributed by atoms with Crippen LogP contribution in [-0.2, 0) is 9.53 Å². The molecule has 1 aromatic rings. The first-order valence-corrected chi connectivity index (χ1v) is 7.38. The van der Waals surface area contributed by atoms with Gasteiger partial charge in [-0.15, -0.1) is 17.5 Å². The van der Waals surface area contributed by atoms with Gasteiger partial charge >= 0.3 is 5.97 Å². The van der Waals surface area contributed by atoms with Crippen LogP contribution in [0, 0.1) is 12.3 Å². The number of azo groups is 1. The first kappa shape index (κ1) is 17.5. The number of terminal acetylenes is 1. The highest BCUT2D eigenvalue weighted by Gasteiger charge is 2.15. The van der Waals surface area contributed by atoms with Gasteiger partial charge in [0, 0.05) is 10.9 Å². The van der Waals surface area contributed by atoms with Gasteiger partial charge in [0.25, 0.3) is 0 Å². The van der Waals surface area contributed by atoms with Crippen molar-refractivity contribution in [1.82, 2.24) is 0 Å². The van der Waals surface area contributed by atoms with Crippen LogP contribution in [-0.4, -0.2) is 24.7 Å². The van der Waals surface area contributed by atoms with Crippen molar-refractivity contribution in [3.05, 3.63) is 22.7 Å². The molecule has 112 valence electrons. The fourth-order valence-corrected chi connectivity index (χ4v) is 1.74. The standard InChI is InChI=1S/C14H14BrClN2O3/c1-3-5-8-21-12-7-6-10(15)9-11(12)17-18-13(16)14(19)20-4-2/h1,6-7,9,13H,4-5,8H2,2H3. The highest BCUT2D eigenvalue weighted by molar-refractivity contribution is 9.10. The van der Waals surface area contributed by atoms with Gasteiger partial charge in [-0.2, -0.15) is 5.11 Å². The number of halogens is 2. The van der Waals surface area contributed by atoms with Crippen molar-refractivity contribution in [3.8, 4) is 18.1 Å². The van der Waals surface area contributed by atoms with Gasteiger partial charge in [0.05, 0.1) is 13.2 Å². The lowest BCUT2D eigenvalue weighted by Crippen LogP contribution is -2.15. The summed E-state index contributed by atoms with van der Waals surface area (Å²) in [5.41, 5.74) is -0.751. The maximum absolute atomic E-state index is 11.4. The van der Waals surface area contributed by atoms with Gasteiger partial charge in [0.1, 0.15) is 11.4 Å². The summed E-state index contributed by atoms with van der Waals surface area (Å²) in [6, 6.07) is 5.22. The highest BCUT2D eigenvalue weighted by Crippen LogP contribution is 2.31. The highest BCUT2D eigenvalue weighted by atomic mass is 79.9. The molecule has 0 aliphatic heterocycles. The summed E-state index contributed by atoms with van der Waals surface area (Å²) < 4.78 is 11.0. The number of hydrogen-bond donors (Lipinski definition) is 0. The molecule has 0 aliphatic rings. The number of esters is 1. The summed E-state index contributed by atoms with van der Waals surface area (Å²) in [4.78, 5) is 11.4. The van der Waals surface area contributed by atoms with Crippen molar-refractivity contribution in [2.75, 3.05) is 13.2 Å². The Morgan fingerprint density at radius 3 is 3.00 bits per heavy atom. The van der Waals surface area contributed by atoms with E-state index >= 15 is 0 Å². The van der Waals surface area contributed by atoms with Crippen LogP contribution in [0.3, 0.4) is 0 Å². The predicted molar refractivity (Wildman–Crippen MR) is 83.9 cm³/mol. The monoisotopic (exact) mass is 372 g/mol. The second-order valence-corrected chi connectivity index (χ2v) is 5.05. The molecule has 5 nitrogen and oxygen atoms in total. The Bertz CT molecular complexity index is 558. The molecule has 0 aliphatic carbocycles. The van der Waals surface area contributed by atoms with Crippen LogP contribution in [0.15, 0.2) is 32.9 Å². The third kappa shape index (κ3) is 6.15. The van der Waals surface area contributed by atoms with E-state index in [-0.39, 0.29) is 6.61 Å². The SMILES string of the molecule is C#CCCOc1ccc(Br)cc1N=NC(Cl)C(=O)OCC. The lowest BCUT2D eigenvalue weighted by atomic mass is 10.3. The summed E-state index contributed by atoms with van der Waals surface area (Å²) in [5, 5.41) is 7.65. The maximum atomic E-state index is 11.4. The molecule has 0 saturated carbocycles. The summed E-state index contributed by atoms with van der Waals surface area (Å²) in [6.45, 7) is 2.28. The van der Waals surface area contributed by atoms with Gasteiger partial charge in [0.2, 0.25) is 5.50 Å². The lowest BCUT2D eigenvalue weighted by molar-refractivity contribution is -0.142. The zero-order chi connectivity index (χ0) is 15.7. The fourth-order valence-electron chi connectivity index (χ4n) is 1.28. The van der Waals surface area contributed by atoms with Gasteiger partial charge in [0.15, 0.2) is 0 Å². The molecule has 0 N–H and O–H groups in total. The van der Waals surface area contributed by atoms with Gasteiger partial charge in [-0.25, -0.2) is 4.79 Å². The summed E-state index contributed by atoms with van der Waals surface area (Å²) in [6.07, 6.45) is 5.65. The zero-order valence-electron chi connectivity index (χ0n) is 11.4. The van der Waals surface area contributed by atoms with Crippen molar-refractivity contribution >= 4 is 39.2 Å². The number of carbonyl (C=O) groups excluding carboxylic acids is 1. The minimum absolute atomic E-state index is 0.231. The molecule has 0 amide bonds. The predicted octanol–water partition coefficient (Wildman–Crippen LogP) is 4.06. The summed E-state index contributed by atoms with van der Waals surface area (Å²) in [7, 11) is 0. The second kappa shape index (κ2) is 9.37. The molecule has 0 radical (unpaired) electrons. The Morgan fingerprint density at radius 2 is 2.33 bits per heavy atom. The maximum Gasteiger partial charge on any atom is 0.348 e. The summed E-state index contributed by atoms with van der Waals surface area (Å²) >= 11 is 9.09. The Kier molecular flexibility index (Phi) is 7.80. The molecule has 1 aromatic carbocycles. The molecule has 0 bridgehead atoms. The van der Waals surface area contributed by atoms with E-state index in [9.17, 15) is 4.79 Å². The molecule has 0 aromatic heterocycles. The first-order valence-electron chi connectivity index (χ1n) is 6.15. The van der Waals surface area contributed by atoms with Crippen LogP contribution < -0.4 is 4.74 Å². The van der Waals surface area contributed by atoms with Crippen LogP contribution in [0.4, 0.5) is 5.69 Å². The molecule has 0 saturated heterocycles. The number of nitrogens with zero attached hydrogens (tertiary/aromatic N) is 2. The van der Waals surface area contributed by atoms with E-state index in [0.717, 1.165) is 4.47 Å². The molecular formula is C14H14BrClN2O3. The van der Waals surface area contributed by atoms with Gasteiger partial charge in [-0.05, 0) is 25.1 Å². The summed E-state index contributed by atoms with van der Waals surface area (Å²) in [5.74, 6) is 2.34. The third-order valence-corrected chi connectivity index (χ3v) is 2.93. The molecular weight excluding hydrogens is 360 g/mol. The largest absolute Gasteiger partial charge is 0.490 e. The fraction of sp³-hybridized carbons (Fsp3) is 0.357. The molecule has 0 heterocycles. The van der Waals surface area contributed by atoms with E-state index < -0.39 is 11.5 Å². The molecule has 1 unspecified atom stereocenters. The van der Waals surface area contributed by atoms with Crippen molar-refractivity contribution < 1.29 is 14.3 Å². The van der Waals surface area contributed by atoms with Gasteiger partial charge in [-0.1, -0.05) is 27.5 Å². The minimum atomic E-state index is -1.19. The van der Waals surface area contributed by atoms with E-state index in [1.165, 1.54) is 0 Å². The van der Waals surface area contributed by atoms with Crippen molar-refractivity contribution in [2.45, 2.75) is 18.8 Å². The third-order valence-electron chi connectivity index (χ3n) is 2.17. The van der Waals surface area contributed by atoms with Gasteiger partial charge in [-0.3, -0.25) is 0 Å². The molecule has 0 spiro atoms. The Labute approximate surface area is 136 Å². The average Bonchev–Trinajstić information content (AvgIpc) is 2.47. The number of hydrogen-bond acceptors (Lipinski definition) is 5. The number of carbonyl (C=O) groups is 1. The Hall–Kier alpha value is -1.58. The van der Waals surface area contributed by atoms with E-state index in [2.05, 4.69) is 32.1 Å². The zero-order valence-corrected chi connectivity index (χ0v) is 13.7. The van der Waals surface area contributed by atoms with Crippen molar-refractivity contribution in [3.63, 3.8) is 0 Å². The molecule has 1 atom stereocenters. The van der Waals surface area contributed by atoms with Gasteiger partial charge < -0.3 is 9.47 Å². The number of benzene rings is 1. The van der Waals surface area contributed by atoms with Crippen LogP contribution in [0.25, 0.3) is 0 Å². The second-order valence-electron chi connectivity index (χ2n) is 3.72. The number of rotatable bonds is 7. The topological polar surface area (TPSA) is 60.2 Å². The Balaban J connectivity index is 2.82. The van der Waals surface area contributed by atoms with Crippen LogP contribution >= 0.6 is 27.5 Å². The van der Waals surface area contributed by atoms with Crippen molar-refractivity contribution in [2.24, 2.45) is 10.2 Å². The van der Waals surface area contributed by atoms with Crippen LogP contribution in [0.1, 0.15) is 13.3 Å². The van der Waals surface area contributed by atoms with Crippen LogP contribution in [0.5, 0.6) is 5.75 Å². The lowest BCUT2D eigenvalue weighted by Gasteiger charge is -2.08. The number of ether oxygens (including phenoxy) is 2. The molecule has 7 heteroatoms. The normalized spacial score (nSPS) is 11.9. The number of alkyl halides is 1. The quantitative estimate of drug-likeness (QED) is 0.181. The smallest absolute Gasteiger partial charge is 0.348 e. The van der Waals surface area contributed by atoms with Crippen molar-refractivity contribution in [1.29, 1.82) is 0 Å². The molecule has 1 rings (SSSR count). The van der Waals surface area contributed by atoms with E-state index in [1.54, 1.807) is 25.1 Å². The first-order chi connectivity index (χ1) is 10.1. The van der Waals surface area contributed by atoms with Crippen LogP contribution in [0.2, 0.25) is 0 Å². The average molecular weight is 374 g/mol. The van der Waals surface area contributed by atoms with E-state index in [4.69, 9.17) is 27.5 Å². The van der Waals surface area contributed by atoms with E-state index in [1.807, 2.05) is 0 Å².